The molecule has 0 aromatic heterocycles. The van der Waals surface area contributed by atoms with E-state index in [-0.39, 0.29) is 18.3 Å². The minimum absolute atomic E-state index is 0.0977. The van der Waals surface area contributed by atoms with Crippen LogP contribution < -0.4 is 19.9 Å². The number of amides is 2. The van der Waals surface area contributed by atoms with Gasteiger partial charge in [-0.3, -0.25) is 14.1 Å². The second-order valence-electron chi connectivity index (χ2n) is 7.49. The minimum Gasteiger partial charge on any atom is -0.458 e. The van der Waals surface area contributed by atoms with Gasteiger partial charge < -0.3 is 19.9 Å². The monoisotopic (exact) mass is 726 g/mol. The van der Waals surface area contributed by atoms with Crippen molar-refractivity contribution in [3.8, 4) is 11.5 Å². The van der Waals surface area contributed by atoms with Crippen LogP contribution in [0.2, 0.25) is 10.0 Å². The van der Waals surface area contributed by atoms with E-state index in [9.17, 15) is 9.36 Å². The highest BCUT2D eigenvalue weighted by molar-refractivity contribution is 7.98. The van der Waals surface area contributed by atoms with Crippen molar-refractivity contribution < 1.29 is 27.9 Å². The quantitative estimate of drug-likeness (QED) is 0.0696. The van der Waals surface area contributed by atoms with E-state index in [0.717, 1.165) is 12.2 Å². The lowest BCUT2D eigenvalue weighted by molar-refractivity contribution is -0.120. The molecule has 2 N–H and O–H groups in total. The first kappa shape index (κ1) is 49.5. The number of halogens is 3. The number of carbonyl (C=O) groups excluding carboxylic acids is 2. The van der Waals surface area contributed by atoms with E-state index in [4.69, 9.17) is 53.4 Å². The predicted octanol–water partition coefficient (Wildman–Crippen LogP) is 10.0. The van der Waals surface area contributed by atoms with Crippen LogP contribution in [0.4, 0.5) is 0 Å². The van der Waals surface area contributed by atoms with Gasteiger partial charge in [-0.25, -0.2) is 4.57 Å². The van der Waals surface area contributed by atoms with Crippen LogP contribution in [0.3, 0.4) is 0 Å². The van der Waals surface area contributed by atoms with Gasteiger partial charge in [0.1, 0.15) is 23.9 Å². The third-order valence-corrected chi connectivity index (χ3v) is 6.52. The van der Waals surface area contributed by atoms with Gasteiger partial charge in [-0.15, -0.1) is 0 Å². The molecule has 256 valence electrons. The van der Waals surface area contributed by atoms with Crippen LogP contribution in [0, 0.1) is 0 Å². The first-order chi connectivity index (χ1) is 21.3. The molecule has 2 aromatic carbocycles. The smallest absolute Gasteiger partial charge is 0.376 e. The van der Waals surface area contributed by atoms with Crippen molar-refractivity contribution in [3.05, 3.63) is 95.2 Å². The Labute approximate surface area is 290 Å². The molecule has 0 saturated heterocycles. The lowest BCUT2D eigenvalue weighted by Crippen LogP contribution is -2.17. The van der Waals surface area contributed by atoms with Gasteiger partial charge in [-0.05, 0) is 48.8 Å². The molecule has 13 heteroatoms. The number of hydrogen-bond acceptors (Lipinski definition) is 7. The van der Waals surface area contributed by atoms with Crippen LogP contribution in [-0.2, 0) is 18.7 Å². The summed E-state index contributed by atoms with van der Waals surface area (Å²) in [6.45, 7) is 19.6. The Bertz CT molecular complexity index is 1130. The summed E-state index contributed by atoms with van der Waals surface area (Å²) in [6.07, 6.45) is 5.81. The van der Waals surface area contributed by atoms with Crippen molar-refractivity contribution in [1.82, 2.24) is 10.6 Å². The largest absolute Gasteiger partial charge is 0.458 e. The van der Waals surface area contributed by atoms with Crippen molar-refractivity contribution in [2.45, 2.75) is 40.5 Å². The molecule has 0 aliphatic rings. The summed E-state index contributed by atoms with van der Waals surface area (Å²) in [5.41, 5.74) is 0. The Kier molecular flexibility index (Phi) is 37.9. The number of para-hydroxylation sites is 1. The molecule has 2 amide bonds. The third-order valence-electron chi connectivity index (χ3n) is 3.99. The van der Waals surface area contributed by atoms with Crippen molar-refractivity contribution >= 4 is 66.5 Å². The van der Waals surface area contributed by atoms with E-state index in [1.54, 1.807) is 68.3 Å². The molecule has 0 heterocycles. The number of nitrogens with one attached hydrogen (secondary N) is 2. The van der Waals surface area contributed by atoms with E-state index in [1.807, 2.05) is 40.0 Å². The lowest BCUT2D eigenvalue weighted by Gasteiger charge is -2.16. The normalized spacial score (nSPS) is 10.0. The van der Waals surface area contributed by atoms with Crippen molar-refractivity contribution in [2.24, 2.45) is 0 Å². The van der Waals surface area contributed by atoms with Crippen LogP contribution in [0.15, 0.2) is 85.1 Å². The summed E-state index contributed by atoms with van der Waals surface area (Å²) in [4.78, 5) is 19.6. The SMILES string of the molecule is C=C(COP(C)(=O)Oc1ccccc1)Oc1ccc(Cl)cc1Cl.C=CC(=C)Cl.CC.CC.CNC(=O)CCCSC.CNC=O. The summed E-state index contributed by atoms with van der Waals surface area (Å²) in [6, 6.07) is 13.6. The van der Waals surface area contributed by atoms with Crippen molar-refractivity contribution in [2.75, 3.05) is 39.4 Å². The molecule has 0 spiro atoms. The molecule has 1 atom stereocenters. The summed E-state index contributed by atoms with van der Waals surface area (Å²) in [5, 5.41) is 6.16. The summed E-state index contributed by atoms with van der Waals surface area (Å²) in [5.74, 6) is 2.31. The van der Waals surface area contributed by atoms with Crippen LogP contribution in [-0.4, -0.2) is 51.7 Å². The Morgan fingerprint density at radius 2 is 1.58 bits per heavy atom. The average molecular weight is 728 g/mol. The van der Waals surface area contributed by atoms with Crippen LogP contribution in [0.25, 0.3) is 0 Å². The van der Waals surface area contributed by atoms with Gasteiger partial charge >= 0.3 is 7.60 Å². The molecular formula is C32H50Cl3N2O6PS. The molecule has 0 aliphatic heterocycles. The highest BCUT2D eigenvalue weighted by atomic mass is 35.5. The molecule has 8 nitrogen and oxygen atoms in total. The van der Waals surface area contributed by atoms with E-state index >= 15 is 0 Å². The van der Waals surface area contributed by atoms with Crippen molar-refractivity contribution in [3.63, 3.8) is 0 Å². The van der Waals surface area contributed by atoms with Gasteiger partial charge in [0.2, 0.25) is 12.3 Å². The summed E-state index contributed by atoms with van der Waals surface area (Å²) >= 11 is 18.7. The first-order valence-corrected chi connectivity index (χ1v) is 18.4. The second-order valence-corrected chi connectivity index (χ2v) is 11.8. The Morgan fingerprint density at radius 1 is 1.04 bits per heavy atom. The van der Waals surface area contributed by atoms with Gasteiger partial charge in [0.15, 0.2) is 0 Å². The fourth-order valence-corrected chi connectivity index (χ4v) is 3.95. The molecule has 0 aliphatic carbocycles. The summed E-state index contributed by atoms with van der Waals surface area (Å²) in [7, 11) is -0.0571. The van der Waals surface area contributed by atoms with Gasteiger partial charge in [-0.1, -0.05) is 107 Å². The molecule has 2 aromatic rings. The molecule has 2 rings (SSSR count). The highest BCUT2D eigenvalue weighted by Crippen LogP contribution is 2.44. The molecule has 0 saturated carbocycles. The fourth-order valence-electron chi connectivity index (χ4n) is 2.13. The number of carbonyl (C=O) groups is 2. The third kappa shape index (κ3) is 34.3. The zero-order valence-electron chi connectivity index (χ0n) is 27.7. The maximum atomic E-state index is 12.3. The molecule has 45 heavy (non-hydrogen) atoms. The van der Waals surface area contributed by atoms with E-state index < -0.39 is 7.60 Å². The number of allylic oxidation sites excluding steroid dienone is 2. The maximum absolute atomic E-state index is 12.3. The van der Waals surface area contributed by atoms with Crippen molar-refractivity contribution in [1.29, 1.82) is 0 Å². The minimum atomic E-state index is -3.29. The number of ether oxygens (including phenoxy) is 1. The zero-order chi connectivity index (χ0) is 35.7. The summed E-state index contributed by atoms with van der Waals surface area (Å²) < 4.78 is 28.3. The standard InChI is InChI=1S/C16H15Cl2O4P.C6H13NOS.C4H5Cl.C2H5NO.2C2H6/c1-12(21-16-9-8-13(17)10-15(16)18)11-20-23(2,19)22-14-6-4-3-5-7-14;1-7-6(8)4-3-5-9-2;1-3-4(2)5;1-3-2-4;2*1-2/h3-10H,1,11H2,2H3;3-5H2,1-2H3,(H,7,8);3H,1-2H2;2H,1H3,(H,3,4);2*1-2H3. The zero-order valence-corrected chi connectivity index (χ0v) is 31.6. The van der Waals surface area contributed by atoms with Gasteiger partial charge in [-0.2, -0.15) is 11.8 Å². The van der Waals surface area contributed by atoms with Gasteiger partial charge in [0.25, 0.3) is 0 Å². The predicted molar refractivity (Wildman–Crippen MR) is 197 cm³/mol. The second kappa shape index (κ2) is 34.5. The first-order valence-electron chi connectivity index (χ1n) is 13.9. The lowest BCUT2D eigenvalue weighted by atomic mass is 10.3. The Balaban J connectivity index is -0.000000314. The van der Waals surface area contributed by atoms with E-state index in [0.29, 0.717) is 39.4 Å². The number of benzene rings is 2. The number of hydrogen-bond donors (Lipinski definition) is 2. The number of thioether (sulfide) groups is 1. The number of rotatable bonds is 13. The van der Waals surface area contributed by atoms with E-state index in [1.165, 1.54) is 12.7 Å². The Hall–Kier alpha value is -2.39. The van der Waals surface area contributed by atoms with Crippen LogP contribution in [0.1, 0.15) is 40.5 Å². The molecule has 0 bridgehead atoms. The molecule has 1 unspecified atom stereocenters. The van der Waals surface area contributed by atoms with Gasteiger partial charge in [0.05, 0.1) is 5.02 Å². The maximum Gasteiger partial charge on any atom is 0.376 e. The fraction of sp³-hybridized carbons (Fsp3) is 0.375. The molecule has 0 fully saturated rings. The van der Waals surface area contributed by atoms with Crippen LogP contribution in [0.5, 0.6) is 11.5 Å². The van der Waals surface area contributed by atoms with Gasteiger partial charge in [0, 0.05) is 37.2 Å². The topological polar surface area (TPSA) is 103 Å². The van der Waals surface area contributed by atoms with E-state index in [2.05, 4.69) is 30.4 Å². The molecule has 0 radical (unpaired) electrons. The van der Waals surface area contributed by atoms with Crippen LogP contribution >= 0.6 is 54.2 Å². The Morgan fingerprint density at radius 3 is 2.00 bits per heavy atom. The average Bonchev–Trinajstić information content (AvgIpc) is 3.04. The molecular weight excluding hydrogens is 678 g/mol. The highest BCUT2D eigenvalue weighted by Gasteiger charge is 2.19.